The zero-order valence-electron chi connectivity index (χ0n) is 22.8. The Kier molecular flexibility index (Phi) is 8.61. The van der Waals surface area contributed by atoms with Gasteiger partial charge in [-0.2, -0.15) is 0 Å². The summed E-state index contributed by atoms with van der Waals surface area (Å²) in [6.45, 7) is 3.47. The zero-order chi connectivity index (χ0) is 28.3. The minimum atomic E-state index is 0.0424. The summed E-state index contributed by atoms with van der Waals surface area (Å²) in [5.41, 5.74) is 3.78. The number of piperazine rings is 1. The number of nitrogens with zero attached hydrogens (tertiary/aromatic N) is 3. The second-order valence-corrected chi connectivity index (χ2v) is 13.1. The molecule has 0 radical (unpaired) electrons. The van der Waals surface area contributed by atoms with Crippen LogP contribution in [0.3, 0.4) is 0 Å². The van der Waals surface area contributed by atoms with E-state index in [4.69, 9.17) is 23.2 Å². The quantitative estimate of drug-likeness (QED) is 0.284. The van der Waals surface area contributed by atoms with Crippen LogP contribution in [-0.4, -0.2) is 59.1 Å². The third-order valence-electron chi connectivity index (χ3n) is 8.27. The van der Waals surface area contributed by atoms with Gasteiger partial charge in [0.2, 0.25) is 0 Å². The van der Waals surface area contributed by atoms with Crippen LogP contribution in [0, 0.1) is 0 Å². The Hall–Kier alpha value is -2.93. The van der Waals surface area contributed by atoms with Crippen molar-refractivity contribution in [1.29, 1.82) is 0 Å². The largest absolute Gasteiger partial charge is 0.368 e. The lowest BCUT2D eigenvalue weighted by Crippen LogP contribution is -2.50. The SMILES string of the molecule is O=C(c1ccc(/C=C2/SC3CCCCC3N(Cc3cccc(Cl)c3)C2=O)cc1)N1CCN(c2ccc(Cl)cc2)CC1. The van der Waals surface area contributed by atoms with Crippen LogP contribution in [-0.2, 0) is 11.3 Å². The van der Waals surface area contributed by atoms with Crippen LogP contribution in [0.5, 0.6) is 0 Å². The van der Waals surface area contributed by atoms with E-state index < -0.39 is 0 Å². The van der Waals surface area contributed by atoms with Crippen molar-refractivity contribution in [2.45, 2.75) is 43.5 Å². The van der Waals surface area contributed by atoms with E-state index in [1.165, 1.54) is 6.42 Å². The van der Waals surface area contributed by atoms with Gasteiger partial charge < -0.3 is 14.7 Å². The number of amides is 2. The molecule has 0 aromatic heterocycles. The lowest BCUT2D eigenvalue weighted by molar-refractivity contribution is -0.130. The van der Waals surface area contributed by atoms with Gasteiger partial charge in [-0.05, 0) is 78.6 Å². The molecule has 3 aliphatic rings. The van der Waals surface area contributed by atoms with E-state index in [0.717, 1.165) is 59.1 Å². The molecule has 2 amide bonds. The number of benzene rings is 3. The number of halogens is 2. The molecular weight excluding hydrogens is 573 g/mol. The normalized spacial score (nSPS) is 22.1. The third-order valence-corrected chi connectivity index (χ3v) is 10.2. The number of carbonyl (C=O) groups excluding carboxylic acids is 2. The fourth-order valence-corrected chi connectivity index (χ4v) is 7.88. The first-order chi connectivity index (χ1) is 19.9. The number of rotatable bonds is 5. The average Bonchev–Trinajstić information content (AvgIpc) is 3.00. The van der Waals surface area contributed by atoms with E-state index in [9.17, 15) is 9.59 Å². The Morgan fingerprint density at radius 3 is 2.34 bits per heavy atom. The molecule has 3 aromatic rings. The fraction of sp³-hybridized carbons (Fsp3) is 0.333. The highest BCUT2D eigenvalue weighted by molar-refractivity contribution is 8.04. The van der Waals surface area contributed by atoms with Crippen molar-refractivity contribution in [3.05, 3.63) is 104 Å². The van der Waals surface area contributed by atoms with Gasteiger partial charge >= 0.3 is 0 Å². The van der Waals surface area contributed by atoms with E-state index in [2.05, 4.69) is 9.80 Å². The summed E-state index contributed by atoms with van der Waals surface area (Å²) >= 11 is 14.0. The maximum absolute atomic E-state index is 13.7. The number of hydrogen-bond donors (Lipinski definition) is 0. The fourth-order valence-electron chi connectivity index (χ4n) is 6.07. The van der Waals surface area contributed by atoms with Gasteiger partial charge in [0.25, 0.3) is 11.8 Å². The van der Waals surface area contributed by atoms with Gasteiger partial charge in [-0.25, -0.2) is 0 Å². The molecule has 2 unspecified atom stereocenters. The number of hydrogen-bond acceptors (Lipinski definition) is 4. The first-order valence-corrected chi connectivity index (χ1v) is 15.9. The minimum Gasteiger partial charge on any atom is -0.368 e. The van der Waals surface area contributed by atoms with E-state index in [-0.39, 0.29) is 17.9 Å². The zero-order valence-corrected chi connectivity index (χ0v) is 25.2. The molecule has 8 heteroatoms. The predicted molar refractivity (Wildman–Crippen MR) is 170 cm³/mol. The molecule has 0 bridgehead atoms. The second kappa shape index (κ2) is 12.5. The maximum atomic E-state index is 13.7. The van der Waals surface area contributed by atoms with Gasteiger partial charge in [0.1, 0.15) is 0 Å². The topological polar surface area (TPSA) is 43.9 Å². The van der Waals surface area contributed by atoms with Crippen LogP contribution in [0.15, 0.2) is 77.7 Å². The second-order valence-electron chi connectivity index (χ2n) is 11.0. The van der Waals surface area contributed by atoms with Gasteiger partial charge in [0.15, 0.2) is 0 Å². The summed E-state index contributed by atoms with van der Waals surface area (Å²) in [5.74, 6) is 0.123. The Morgan fingerprint density at radius 1 is 0.878 bits per heavy atom. The van der Waals surface area contributed by atoms with Crippen LogP contribution >= 0.6 is 35.0 Å². The summed E-state index contributed by atoms with van der Waals surface area (Å²) in [6, 6.07) is 23.5. The van der Waals surface area contributed by atoms with E-state index in [1.807, 2.05) is 83.8 Å². The number of thioether (sulfide) groups is 1. The van der Waals surface area contributed by atoms with E-state index in [0.29, 0.717) is 35.5 Å². The van der Waals surface area contributed by atoms with Crippen molar-refractivity contribution in [1.82, 2.24) is 9.80 Å². The van der Waals surface area contributed by atoms with Crippen molar-refractivity contribution in [3.8, 4) is 0 Å². The standard InChI is InChI=1S/C33H33Cl2N3O2S/c34-26-12-14-28(15-13-26)36-16-18-37(19-17-36)32(39)25-10-8-23(9-11-25)21-31-33(40)38(22-24-4-3-5-27(35)20-24)29-6-1-2-7-30(29)41-31/h3-5,8-15,20-21,29-30H,1-2,6-7,16-19,22H2/b31-21+. The Bertz CT molecular complexity index is 1440. The summed E-state index contributed by atoms with van der Waals surface area (Å²) in [4.78, 5) is 34.0. The van der Waals surface area contributed by atoms with Gasteiger partial charge in [0.05, 0.1) is 4.91 Å². The Balaban J connectivity index is 1.13. The first kappa shape index (κ1) is 28.2. The average molecular weight is 607 g/mol. The molecule has 2 saturated heterocycles. The van der Waals surface area contributed by atoms with Gasteiger partial charge in [-0.15, -0.1) is 11.8 Å². The highest BCUT2D eigenvalue weighted by Gasteiger charge is 2.40. The van der Waals surface area contributed by atoms with E-state index >= 15 is 0 Å². The predicted octanol–water partition coefficient (Wildman–Crippen LogP) is 7.38. The van der Waals surface area contributed by atoms with Gasteiger partial charge in [-0.1, -0.05) is 60.3 Å². The number of fused-ring (bicyclic) bond motifs is 1. The van der Waals surface area contributed by atoms with Gasteiger partial charge in [-0.3, -0.25) is 9.59 Å². The summed E-state index contributed by atoms with van der Waals surface area (Å²) in [7, 11) is 0. The number of carbonyl (C=O) groups is 2. The smallest absolute Gasteiger partial charge is 0.260 e. The molecule has 5 nitrogen and oxygen atoms in total. The Morgan fingerprint density at radius 2 is 1.61 bits per heavy atom. The third kappa shape index (κ3) is 6.45. The molecule has 41 heavy (non-hydrogen) atoms. The molecular formula is C33H33Cl2N3O2S. The monoisotopic (exact) mass is 605 g/mol. The van der Waals surface area contributed by atoms with Crippen LogP contribution in [0.1, 0.15) is 47.2 Å². The van der Waals surface area contributed by atoms with Crippen LogP contribution in [0.25, 0.3) is 6.08 Å². The molecule has 2 aliphatic heterocycles. The van der Waals surface area contributed by atoms with Crippen molar-refractivity contribution < 1.29 is 9.59 Å². The van der Waals surface area contributed by atoms with Crippen LogP contribution < -0.4 is 4.90 Å². The molecule has 1 aliphatic carbocycles. The molecule has 0 N–H and O–H groups in total. The lowest BCUT2D eigenvalue weighted by atomic mass is 9.92. The minimum absolute atomic E-state index is 0.0424. The van der Waals surface area contributed by atoms with Crippen molar-refractivity contribution in [3.63, 3.8) is 0 Å². The first-order valence-electron chi connectivity index (χ1n) is 14.3. The molecule has 3 aromatic carbocycles. The highest BCUT2D eigenvalue weighted by Crippen LogP contribution is 2.42. The molecule has 212 valence electrons. The summed E-state index contributed by atoms with van der Waals surface area (Å²) in [5, 5.41) is 1.82. The number of anilines is 1. The highest BCUT2D eigenvalue weighted by atomic mass is 35.5. The molecule has 2 atom stereocenters. The molecule has 0 spiro atoms. The molecule has 3 fully saturated rings. The van der Waals surface area contributed by atoms with Crippen LogP contribution in [0.2, 0.25) is 10.0 Å². The summed E-state index contributed by atoms with van der Waals surface area (Å²) in [6.07, 6.45) is 6.51. The van der Waals surface area contributed by atoms with Crippen molar-refractivity contribution in [2.24, 2.45) is 0 Å². The van der Waals surface area contributed by atoms with Crippen molar-refractivity contribution >= 4 is 58.5 Å². The van der Waals surface area contributed by atoms with Crippen LogP contribution in [0.4, 0.5) is 5.69 Å². The maximum Gasteiger partial charge on any atom is 0.260 e. The molecule has 1 saturated carbocycles. The Labute approximate surface area is 256 Å². The van der Waals surface area contributed by atoms with Gasteiger partial charge in [0, 0.05) is 65.3 Å². The van der Waals surface area contributed by atoms with E-state index in [1.54, 1.807) is 11.8 Å². The summed E-state index contributed by atoms with van der Waals surface area (Å²) < 4.78 is 0. The lowest BCUT2D eigenvalue weighted by Gasteiger charge is -2.44. The molecule has 6 rings (SSSR count). The van der Waals surface area contributed by atoms with Crippen molar-refractivity contribution in [2.75, 3.05) is 31.1 Å². The molecule has 2 heterocycles.